The van der Waals surface area contributed by atoms with E-state index < -0.39 is 10.0 Å². The maximum Gasteiger partial charge on any atom is 0.276 e. The molecular weight excluding hydrogens is 280 g/mol. The van der Waals surface area contributed by atoms with Gasteiger partial charge in [-0.1, -0.05) is 13.0 Å². The van der Waals surface area contributed by atoms with Crippen molar-refractivity contribution in [2.45, 2.75) is 18.6 Å². The van der Waals surface area contributed by atoms with Crippen molar-refractivity contribution in [3.05, 3.63) is 30.5 Å². The van der Waals surface area contributed by atoms with E-state index in [1.165, 1.54) is 23.6 Å². The second-order valence-electron chi connectivity index (χ2n) is 4.15. The molecule has 1 heterocycles. The molecule has 0 aliphatic rings. The van der Waals surface area contributed by atoms with Crippen LogP contribution in [0.4, 0.5) is 0 Å². The van der Waals surface area contributed by atoms with Crippen LogP contribution in [0.2, 0.25) is 0 Å². The number of hydrogen-bond donors (Lipinski definition) is 1. The van der Waals surface area contributed by atoms with Crippen molar-refractivity contribution in [2.75, 3.05) is 33.4 Å². The van der Waals surface area contributed by atoms with Gasteiger partial charge >= 0.3 is 0 Å². The van der Waals surface area contributed by atoms with Crippen LogP contribution in [0.15, 0.2) is 34.3 Å². The molecule has 0 fully saturated rings. The first-order valence-corrected chi connectivity index (χ1v) is 7.89. The fourth-order valence-electron chi connectivity index (χ4n) is 1.61. The van der Waals surface area contributed by atoms with Crippen LogP contribution in [0.1, 0.15) is 12.7 Å². The maximum absolute atomic E-state index is 12.4. The predicted molar refractivity (Wildman–Crippen MR) is 76.9 cm³/mol. The average molecular weight is 302 g/mol. The molecule has 0 radical (unpaired) electrons. The Kier molecular flexibility index (Phi) is 6.94. The quantitative estimate of drug-likeness (QED) is 0.658. The Morgan fingerprint density at radius 2 is 2.25 bits per heavy atom. The molecular formula is C13H22N2O4S. The Labute approximate surface area is 120 Å². The number of sulfonamides is 1. The van der Waals surface area contributed by atoms with Crippen molar-refractivity contribution in [1.29, 1.82) is 0 Å². The molecule has 0 amide bonds. The number of furan rings is 1. The molecule has 0 aliphatic carbocycles. The van der Waals surface area contributed by atoms with E-state index in [9.17, 15) is 8.42 Å². The first kappa shape index (κ1) is 16.9. The first-order chi connectivity index (χ1) is 9.56. The van der Waals surface area contributed by atoms with Gasteiger partial charge in [-0.3, -0.25) is 0 Å². The van der Waals surface area contributed by atoms with Crippen molar-refractivity contribution in [1.82, 2.24) is 9.62 Å². The van der Waals surface area contributed by atoms with Crippen molar-refractivity contribution < 1.29 is 17.6 Å². The van der Waals surface area contributed by atoms with Gasteiger partial charge < -0.3 is 14.5 Å². The second-order valence-corrected chi connectivity index (χ2v) is 6.01. The standard InChI is InChI=1S/C13H22N2O4S/c1-4-8-15(9-10-18-3)20(16,17)13-7-6-12(19-13)11-14-5-2/h4,6-7,14H,1,5,8-11H2,2-3H3. The van der Waals surface area contributed by atoms with Gasteiger partial charge in [0.15, 0.2) is 0 Å². The van der Waals surface area contributed by atoms with Gasteiger partial charge in [-0.25, -0.2) is 8.42 Å². The lowest BCUT2D eigenvalue weighted by atomic mass is 10.4. The zero-order valence-corrected chi connectivity index (χ0v) is 12.8. The van der Waals surface area contributed by atoms with Crippen LogP contribution in [0.5, 0.6) is 0 Å². The summed E-state index contributed by atoms with van der Waals surface area (Å²) in [7, 11) is -2.12. The molecule has 0 aromatic carbocycles. The van der Waals surface area contributed by atoms with E-state index in [4.69, 9.17) is 9.15 Å². The third-order valence-electron chi connectivity index (χ3n) is 2.66. The Morgan fingerprint density at radius 1 is 1.50 bits per heavy atom. The van der Waals surface area contributed by atoms with Gasteiger partial charge in [-0.05, 0) is 18.7 Å². The minimum absolute atomic E-state index is 0.0524. The summed E-state index contributed by atoms with van der Waals surface area (Å²) >= 11 is 0. The van der Waals surface area contributed by atoms with Gasteiger partial charge in [-0.2, -0.15) is 4.31 Å². The van der Waals surface area contributed by atoms with Crippen molar-refractivity contribution in [3.63, 3.8) is 0 Å². The lowest BCUT2D eigenvalue weighted by molar-refractivity contribution is 0.181. The van der Waals surface area contributed by atoms with Crippen LogP contribution in [0.25, 0.3) is 0 Å². The van der Waals surface area contributed by atoms with Gasteiger partial charge in [0.05, 0.1) is 13.2 Å². The minimum Gasteiger partial charge on any atom is -0.447 e. The number of ether oxygens (including phenoxy) is 1. The van der Waals surface area contributed by atoms with Crippen LogP contribution in [0, 0.1) is 0 Å². The molecule has 0 saturated heterocycles. The van der Waals surface area contributed by atoms with E-state index >= 15 is 0 Å². The number of nitrogens with one attached hydrogen (secondary N) is 1. The highest BCUT2D eigenvalue weighted by Crippen LogP contribution is 2.18. The molecule has 0 spiro atoms. The van der Waals surface area contributed by atoms with Crippen LogP contribution >= 0.6 is 0 Å². The molecule has 0 bridgehead atoms. The van der Waals surface area contributed by atoms with Gasteiger partial charge in [0.1, 0.15) is 5.76 Å². The minimum atomic E-state index is -3.65. The Balaban J connectivity index is 2.88. The third kappa shape index (κ3) is 4.45. The average Bonchev–Trinajstić information content (AvgIpc) is 2.90. The van der Waals surface area contributed by atoms with E-state index in [-0.39, 0.29) is 18.2 Å². The zero-order chi connectivity index (χ0) is 15.0. The number of rotatable bonds is 10. The van der Waals surface area contributed by atoms with E-state index in [0.29, 0.717) is 18.9 Å². The van der Waals surface area contributed by atoms with E-state index in [1.54, 1.807) is 6.07 Å². The van der Waals surface area contributed by atoms with Crippen LogP contribution < -0.4 is 5.32 Å². The van der Waals surface area contributed by atoms with Gasteiger partial charge in [0.2, 0.25) is 5.09 Å². The topological polar surface area (TPSA) is 71.8 Å². The van der Waals surface area contributed by atoms with Crippen molar-refractivity contribution >= 4 is 10.0 Å². The summed E-state index contributed by atoms with van der Waals surface area (Å²) in [6, 6.07) is 3.14. The summed E-state index contributed by atoms with van der Waals surface area (Å²) in [4.78, 5) is 0. The third-order valence-corrected chi connectivity index (χ3v) is 4.40. The molecule has 20 heavy (non-hydrogen) atoms. The fraction of sp³-hybridized carbons (Fsp3) is 0.538. The number of methoxy groups -OCH3 is 1. The molecule has 1 rings (SSSR count). The summed E-state index contributed by atoms with van der Waals surface area (Å²) < 4.78 is 36.4. The van der Waals surface area contributed by atoms with Crippen LogP contribution in [-0.2, 0) is 21.3 Å². The Hall–Kier alpha value is -1.15. The normalized spacial score (nSPS) is 11.9. The molecule has 114 valence electrons. The Bertz CT molecular complexity index is 510. The first-order valence-electron chi connectivity index (χ1n) is 6.45. The molecule has 0 atom stereocenters. The molecule has 1 aromatic heterocycles. The summed E-state index contributed by atoms with van der Waals surface area (Å²) in [5.41, 5.74) is 0. The summed E-state index contributed by atoms with van der Waals surface area (Å²) in [6.45, 7) is 7.63. The molecule has 1 N–H and O–H groups in total. The second kappa shape index (κ2) is 8.21. The van der Waals surface area contributed by atoms with Crippen molar-refractivity contribution in [3.8, 4) is 0 Å². The monoisotopic (exact) mass is 302 g/mol. The largest absolute Gasteiger partial charge is 0.447 e. The SMILES string of the molecule is C=CCN(CCOC)S(=O)(=O)c1ccc(CNCC)o1. The maximum atomic E-state index is 12.4. The van der Waals surface area contributed by atoms with Crippen LogP contribution in [-0.4, -0.2) is 46.1 Å². The summed E-state index contributed by atoms with van der Waals surface area (Å²) in [6.07, 6.45) is 1.54. The molecule has 0 saturated carbocycles. The summed E-state index contributed by atoms with van der Waals surface area (Å²) in [5, 5.41) is 3.03. The van der Waals surface area contributed by atoms with E-state index in [2.05, 4.69) is 11.9 Å². The van der Waals surface area contributed by atoms with Crippen LogP contribution in [0.3, 0.4) is 0 Å². The van der Waals surface area contributed by atoms with E-state index in [0.717, 1.165) is 6.54 Å². The van der Waals surface area contributed by atoms with Gasteiger partial charge in [-0.15, -0.1) is 6.58 Å². The van der Waals surface area contributed by atoms with Gasteiger partial charge in [0.25, 0.3) is 10.0 Å². The van der Waals surface area contributed by atoms with E-state index in [1.807, 2.05) is 6.92 Å². The molecule has 0 unspecified atom stereocenters. The lowest BCUT2D eigenvalue weighted by Gasteiger charge is -2.18. The van der Waals surface area contributed by atoms with Gasteiger partial charge in [0, 0.05) is 20.2 Å². The van der Waals surface area contributed by atoms with Crippen molar-refractivity contribution in [2.24, 2.45) is 0 Å². The molecule has 1 aromatic rings. The number of nitrogens with zero attached hydrogens (tertiary/aromatic N) is 1. The Morgan fingerprint density at radius 3 is 2.85 bits per heavy atom. The summed E-state index contributed by atoms with van der Waals surface area (Å²) in [5.74, 6) is 0.593. The predicted octanol–water partition coefficient (Wildman–Crippen LogP) is 1.21. The zero-order valence-electron chi connectivity index (χ0n) is 12.0. The molecule has 0 aliphatic heterocycles. The smallest absolute Gasteiger partial charge is 0.276 e. The molecule has 7 heteroatoms. The highest BCUT2D eigenvalue weighted by Gasteiger charge is 2.26. The highest BCUT2D eigenvalue weighted by molar-refractivity contribution is 7.89. The highest BCUT2D eigenvalue weighted by atomic mass is 32.2. The lowest BCUT2D eigenvalue weighted by Crippen LogP contribution is -2.33. The number of hydrogen-bond acceptors (Lipinski definition) is 5. The fourth-order valence-corrected chi connectivity index (χ4v) is 2.94. The molecule has 6 nitrogen and oxygen atoms in total.